The summed E-state index contributed by atoms with van der Waals surface area (Å²) in [6.45, 7) is 4.37. The Morgan fingerprint density at radius 3 is 2.75 bits per heavy atom. The van der Waals surface area contributed by atoms with Gasteiger partial charge in [0.1, 0.15) is 0 Å². The number of aliphatic hydroxyl groups excluding tert-OH is 1. The van der Waals surface area contributed by atoms with Crippen molar-refractivity contribution < 1.29 is 14.6 Å². The van der Waals surface area contributed by atoms with Gasteiger partial charge in [-0.1, -0.05) is 19.3 Å². The van der Waals surface area contributed by atoms with Gasteiger partial charge < -0.3 is 15.2 Å². The van der Waals surface area contributed by atoms with Gasteiger partial charge in [-0.2, -0.15) is 0 Å². The predicted molar refractivity (Wildman–Crippen MR) is 77.5 cm³/mol. The summed E-state index contributed by atoms with van der Waals surface area (Å²) in [6, 6.07) is 0.394. The minimum Gasteiger partial charge on any atom is -0.394 e. The molecule has 1 saturated heterocycles. The van der Waals surface area contributed by atoms with E-state index in [2.05, 4.69) is 10.2 Å². The molecular formula is C15H28N2O3. The van der Waals surface area contributed by atoms with Crippen molar-refractivity contribution in [2.45, 2.75) is 63.7 Å². The lowest BCUT2D eigenvalue weighted by Gasteiger charge is -2.36. The zero-order valence-corrected chi connectivity index (χ0v) is 12.5. The average Bonchev–Trinajstić information content (AvgIpc) is 2.45. The Morgan fingerprint density at radius 1 is 1.30 bits per heavy atom. The van der Waals surface area contributed by atoms with Gasteiger partial charge in [-0.05, 0) is 19.8 Å². The van der Waals surface area contributed by atoms with E-state index in [1.165, 1.54) is 19.3 Å². The summed E-state index contributed by atoms with van der Waals surface area (Å²) < 4.78 is 5.60. The third-order valence-corrected chi connectivity index (χ3v) is 4.23. The quantitative estimate of drug-likeness (QED) is 0.788. The third kappa shape index (κ3) is 5.04. The second-order valence-corrected chi connectivity index (χ2v) is 6.16. The van der Waals surface area contributed by atoms with Crippen molar-refractivity contribution in [3.05, 3.63) is 0 Å². The normalized spacial score (nSPS) is 29.3. The number of hydrogen-bond acceptors (Lipinski definition) is 4. The second-order valence-electron chi connectivity index (χ2n) is 6.16. The number of rotatable bonds is 5. The van der Waals surface area contributed by atoms with Gasteiger partial charge >= 0.3 is 0 Å². The molecular weight excluding hydrogens is 256 g/mol. The summed E-state index contributed by atoms with van der Waals surface area (Å²) >= 11 is 0. The van der Waals surface area contributed by atoms with Crippen LogP contribution < -0.4 is 5.32 Å². The van der Waals surface area contributed by atoms with Gasteiger partial charge in [0.05, 0.1) is 18.8 Å². The van der Waals surface area contributed by atoms with Crippen LogP contribution in [0, 0.1) is 0 Å². The van der Waals surface area contributed by atoms with E-state index < -0.39 is 0 Å². The number of nitrogens with zero attached hydrogens (tertiary/aromatic N) is 1. The Kier molecular flexibility index (Phi) is 6.26. The van der Waals surface area contributed by atoms with Crippen molar-refractivity contribution in [3.8, 4) is 0 Å². The van der Waals surface area contributed by atoms with Gasteiger partial charge in [0.15, 0.2) is 0 Å². The molecule has 5 nitrogen and oxygen atoms in total. The number of amides is 1. The molecule has 1 heterocycles. The molecule has 1 amide bonds. The fraction of sp³-hybridized carbons (Fsp3) is 0.933. The molecule has 1 aliphatic heterocycles. The third-order valence-electron chi connectivity index (χ3n) is 4.23. The first-order chi connectivity index (χ1) is 9.67. The number of carbonyl (C=O) groups is 1. The largest absolute Gasteiger partial charge is 0.394 e. The van der Waals surface area contributed by atoms with Crippen LogP contribution in [0.3, 0.4) is 0 Å². The zero-order valence-electron chi connectivity index (χ0n) is 12.5. The Balaban J connectivity index is 1.67. The van der Waals surface area contributed by atoms with Crippen LogP contribution in [0.4, 0.5) is 0 Å². The maximum atomic E-state index is 12.0. The molecule has 0 radical (unpaired) electrons. The fourth-order valence-electron chi connectivity index (χ4n) is 3.23. The van der Waals surface area contributed by atoms with Crippen LogP contribution in [0.1, 0.15) is 45.4 Å². The van der Waals surface area contributed by atoms with Gasteiger partial charge in [0.25, 0.3) is 0 Å². The number of ether oxygens (including phenoxy) is 1. The summed E-state index contributed by atoms with van der Waals surface area (Å²) in [4.78, 5) is 14.2. The molecule has 1 saturated carbocycles. The Bertz CT molecular complexity index is 305. The minimum atomic E-state index is -0.111. The summed E-state index contributed by atoms with van der Waals surface area (Å²) in [5.41, 5.74) is 0. The maximum absolute atomic E-state index is 12.0. The van der Waals surface area contributed by atoms with Gasteiger partial charge in [-0.15, -0.1) is 0 Å². The van der Waals surface area contributed by atoms with Gasteiger partial charge in [0.2, 0.25) is 5.91 Å². The number of morpholine rings is 1. The maximum Gasteiger partial charge on any atom is 0.221 e. The summed E-state index contributed by atoms with van der Waals surface area (Å²) in [6.07, 6.45) is 6.61. The molecule has 2 N–H and O–H groups in total. The van der Waals surface area contributed by atoms with Crippen LogP contribution in [0.15, 0.2) is 0 Å². The minimum absolute atomic E-state index is 0.0507. The summed E-state index contributed by atoms with van der Waals surface area (Å²) in [7, 11) is 0. The predicted octanol–water partition coefficient (Wildman–Crippen LogP) is 0.907. The van der Waals surface area contributed by atoms with Crippen molar-refractivity contribution in [2.24, 2.45) is 0 Å². The monoisotopic (exact) mass is 284 g/mol. The van der Waals surface area contributed by atoms with Crippen molar-refractivity contribution in [3.63, 3.8) is 0 Å². The van der Waals surface area contributed by atoms with Crippen molar-refractivity contribution in [2.75, 3.05) is 26.2 Å². The number of nitrogens with one attached hydrogen (secondary N) is 1. The Morgan fingerprint density at radius 2 is 2.05 bits per heavy atom. The average molecular weight is 284 g/mol. The lowest BCUT2D eigenvalue weighted by atomic mass is 9.95. The highest BCUT2D eigenvalue weighted by molar-refractivity contribution is 5.76. The Hall–Kier alpha value is -0.650. The number of aliphatic hydroxyl groups is 1. The number of carbonyl (C=O) groups excluding carboxylic acids is 1. The fourth-order valence-corrected chi connectivity index (χ4v) is 3.23. The molecule has 2 fully saturated rings. The van der Waals surface area contributed by atoms with Crippen molar-refractivity contribution in [1.29, 1.82) is 0 Å². The lowest BCUT2D eigenvalue weighted by molar-refractivity contribution is -0.124. The Labute approximate surface area is 121 Å². The topological polar surface area (TPSA) is 61.8 Å². The van der Waals surface area contributed by atoms with Gasteiger partial charge in [0, 0.05) is 32.1 Å². The molecule has 0 spiro atoms. The van der Waals surface area contributed by atoms with Crippen LogP contribution in [0.5, 0.6) is 0 Å². The van der Waals surface area contributed by atoms with Crippen molar-refractivity contribution >= 4 is 5.91 Å². The van der Waals surface area contributed by atoms with Gasteiger partial charge in [-0.25, -0.2) is 0 Å². The highest BCUT2D eigenvalue weighted by Gasteiger charge is 2.25. The van der Waals surface area contributed by atoms with E-state index in [4.69, 9.17) is 4.74 Å². The van der Waals surface area contributed by atoms with E-state index in [0.29, 0.717) is 12.5 Å². The van der Waals surface area contributed by atoms with Crippen LogP contribution >= 0.6 is 0 Å². The molecule has 2 aliphatic rings. The van der Waals surface area contributed by atoms with E-state index in [0.717, 1.165) is 32.5 Å². The first-order valence-electron chi connectivity index (χ1n) is 7.95. The molecule has 0 bridgehead atoms. The highest BCUT2D eigenvalue weighted by Crippen LogP contribution is 2.17. The molecule has 5 heteroatoms. The second kappa shape index (κ2) is 7.96. The van der Waals surface area contributed by atoms with Crippen LogP contribution in [-0.2, 0) is 9.53 Å². The van der Waals surface area contributed by atoms with E-state index in [-0.39, 0.29) is 24.7 Å². The molecule has 20 heavy (non-hydrogen) atoms. The summed E-state index contributed by atoms with van der Waals surface area (Å²) in [5.74, 6) is 0.164. The SMILES string of the molecule is CC1CN(CCC(=O)NC2CCCCC2)CC(CO)O1. The zero-order chi connectivity index (χ0) is 14.4. The van der Waals surface area contributed by atoms with E-state index in [1.54, 1.807) is 0 Å². The number of hydrogen-bond donors (Lipinski definition) is 2. The molecule has 1 aliphatic carbocycles. The first kappa shape index (κ1) is 15.7. The van der Waals surface area contributed by atoms with E-state index >= 15 is 0 Å². The van der Waals surface area contributed by atoms with Crippen molar-refractivity contribution in [1.82, 2.24) is 10.2 Å². The molecule has 0 aromatic carbocycles. The molecule has 2 atom stereocenters. The van der Waals surface area contributed by atoms with Gasteiger partial charge in [-0.3, -0.25) is 9.69 Å². The lowest BCUT2D eigenvalue weighted by Crippen LogP contribution is -2.49. The van der Waals surface area contributed by atoms with E-state index in [1.807, 2.05) is 6.92 Å². The highest BCUT2D eigenvalue weighted by atomic mass is 16.5. The smallest absolute Gasteiger partial charge is 0.221 e. The standard InChI is InChI=1S/C15H28N2O3/c1-12-9-17(10-14(11-18)20-12)8-7-15(19)16-13-5-3-2-4-6-13/h12-14,18H,2-11H2,1H3,(H,16,19). The molecule has 0 aromatic rings. The molecule has 2 unspecified atom stereocenters. The summed E-state index contributed by atoms with van der Waals surface area (Å²) in [5, 5.41) is 12.3. The van der Waals surface area contributed by atoms with Crippen LogP contribution in [0.2, 0.25) is 0 Å². The molecule has 2 rings (SSSR count). The first-order valence-corrected chi connectivity index (χ1v) is 7.95. The van der Waals surface area contributed by atoms with E-state index in [9.17, 15) is 9.90 Å². The van der Waals surface area contributed by atoms with Crippen LogP contribution in [-0.4, -0.2) is 60.4 Å². The van der Waals surface area contributed by atoms with Crippen LogP contribution in [0.25, 0.3) is 0 Å². The molecule has 0 aromatic heterocycles. The molecule has 116 valence electrons.